The Morgan fingerprint density at radius 3 is 2.26 bits per heavy atom. The van der Waals surface area contributed by atoms with Crippen molar-refractivity contribution in [3.8, 4) is 0 Å². The van der Waals surface area contributed by atoms with Crippen LogP contribution in [0.25, 0.3) is 0 Å². The second kappa shape index (κ2) is 5.93. The molecule has 1 aromatic carbocycles. The van der Waals surface area contributed by atoms with Crippen LogP contribution >= 0.6 is 0 Å². The predicted molar refractivity (Wildman–Crippen MR) is 80.6 cm³/mol. The highest BCUT2D eigenvalue weighted by molar-refractivity contribution is 5.48. The van der Waals surface area contributed by atoms with Crippen molar-refractivity contribution in [1.29, 1.82) is 0 Å². The third-order valence-corrected chi connectivity index (χ3v) is 4.32. The van der Waals surface area contributed by atoms with Gasteiger partial charge in [-0.1, -0.05) is 12.1 Å². The summed E-state index contributed by atoms with van der Waals surface area (Å²) in [6.07, 6.45) is 3.90. The maximum atomic E-state index is 5.59. The molecule has 1 saturated heterocycles. The van der Waals surface area contributed by atoms with Crippen molar-refractivity contribution < 1.29 is 0 Å². The molecule has 1 aromatic rings. The van der Waals surface area contributed by atoms with Gasteiger partial charge in [-0.25, -0.2) is 0 Å². The monoisotopic (exact) mass is 259 g/mol. The minimum Gasteiger partial charge on any atom is -0.369 e. The number of hydrogen-bond acceptors (Lipinski definition) is 3. The molecule has 0 amide bonds. The van der Waals surface area contributed by atoms with E-state index in [9.17, 15) is 0 Å². The number of anilines is 1. The zero-order valence-electron chi connectivity index (χ0n) is 11.7. The summed E-state index contributed by atoms with van der Waals surface area (Å²) >= 11 is 0. The first-order valence-corrected chi connectivity index (χ1v) is 7.61. The molecule has 0 radical (unpaired) electrons. The van der Waals surface area contributed by atoms with Crippen LogP contribution < -0.4 is 10.6 Å². The van der Waals surface area contributed by atoms with Crippen LogP contribution in [-0.4, -0.2) is 44.2 Å². The molecule has 0 aromatic heterocycles. The van der Waals surface area contributed by atoms with Gasteiger partial charge in [0.25, 0.3) is 0 Å². The van der Waals surface area contributed by atoms with Crippen molar-refractivity contribution in [2.75, 3.05) is 44.2 Å². The molecular formula is C16H25N3. The number of nitrogens with two attached hydrogens (primary N) is 1. The Kier molecular flexibility index (Phi) is 4.04. The summed E-state index contributed by atoms with van der Waals surface area (Å²) in [6, 6.07) is 8.95. The highest BCUT2D eigenvalue weighted by Gasteiger charge is 2.26. The van der Waals surface area contributed by atoms with E-state index in [-0.39, 0.29) is 0 Å². The van der Waals surface area contributed by atoms with E-state index in [0.717, 1.165) is 18.9 Å². The fourth-order valence-corrected chi connectivity index (χ4v) is 2.89. The molecule has 104 valence electrons. The number of nitrogens with zero attached hydrogens (tertiary/aromatic N) is 2. The van der Waals surface area contributed by atoms with Crippen molar-refractivity contribution in [2.24, 2.45) is 11.7 Å². The van der Waals surface area contributed by atoms with Gasteiger partial charge in [-0.05, 0) is 49.4 Å². The van der Waals surface area contributed by atoms with E-state index in [0.29, 0.717) is 0 Å². The van der Waals surface area contributed by atoms with E-state index in [1.54, 1.807) is 0 Å². The topological polar surface area (TPSA) is 32.5 Å². The fourth-order valence-electron chi connectivity index (χ4n) is 2.89. The lowest BCUT2D eigenvalue weighted by molar-refractivity contribution is 0.248. The molecule has 0 atom stereocenters. The molecule has 0 bridgehead atoms. The van der Waals surface area contributed by atoms with Gasteiger partial charge in [0.15, 0.2) is 0 Å². The van der Waals surface area contributed by atoms with Crippen LogP contribution in [0, 0.1) is 5.92 Å². The zero-order valence-corrected chi connectivity index (χ0v) is 11.7. The summed E-state index contributed by atoms with van der Waals surface area (Å²) in [7, 11) is 0. The lowest BCUT2D eigenvalue weighted by Gasteiger charge is -2.36. The lowest BCUT2D eigenvalue weighted by atomic mass is 10.1. The summed E-state index contributed by atoms with van der Waals surface area (Å²) in [5.74, 6) is 1.02. The minimum atomic E-state index is 0.735. The summed E-state index contributed by atoms with van der Waals surface area (Å²) in [4.78, 5) is 5.15. The molecule has 2 aliphatic rings. The van der Waals surface area contributed by atoms with Gasteiger partial charge in [-0.2, -0.15) is 0 Å². The molecule has 1 saturated carbocycles. The van der Waals surface area contributed by atoms with E-state index in [4.69, 9.17) is 5.73 Å². The third-order valence-electron chi connectivity index (χ3n) is 4.32. The number of rotatable bonds is 5. The van der Waals surface area contributed by atoms with Gasteiger partial charge in [0.1, 0.15) is 0 Å². The molecule has 1 heterocycles. The van der Waals surface area contributed by atoms with Gasteiger partial charge in [0.2, 0.25) is 0 Å². The molecule has 19 heavy (non-hydrogen) atoms. The molecule has 3 rings (SSSR count). The highest BCUT2D eigenvalue weighted by atomic mass is 15.3. The van der Waals surface area contributed by atoms with Crippen molar-refractivity contribution >= 4 is 5.69 Å². The van der Waals surface area contributed by atoms with Crippen molar-refractivity contribution in [2.45, 2.75) is 19.3 Å². The predicted octanol–water partition coefficient (Wildman–Crippen LogP) is 1.72. The molecular weight excluding hydrogens is 234 g/mol. The second-order valence-corrected chi connectivity index (χ2v) is 5.94. The van der Waals surface area contributed by atoms with Crippen molar-refractivity contribution in [1.82, 2.24) is 4.90 Å². The van der Waals surface area contributed by atoms with Gasteiger partial charge >= 0.3 is 0 Å². The molecule has 1 aliphatic carbocycles. The molecule has 2 N–H and O–H groups in total. The molecule has 1 aliphatic heterocycles. The second-order valence-electron chi connectivity index (χ2n) is 5.94. The number of benzene rings is 1. The maximum absolute atomic E-state index is 5.59. The van der Waals surface area contributed by atoms with E-state index in [1.165, 1.54) is 56.8 Å². The molecule has 3 nitrogen and oxygen atoms in total. The Labute approximate surface area is 116 Å². The Morgan fingerprint density at radius 2 is 1.68 bits per heavy atom. The summed E-state index contributed by atoms with van der Waals surface area (Å²) < 4.78 is 0. The lowest BCUT2D eigenvalue weighted by Crippen LogP contribution is -2.47. The SMILES string of the molecule is NCCc1ccc(N2CCN(CC3CC3)CC2)cc1. The number of piperazine rings is 1. The standard InChI is InChI=1S/C16H25N3/c17-8-7-14-3-5-16(6-4-14)19-11-9-18(10-12-19)13-15-1-2-15/h3-6,15H,1-2,7-13,17H2. The molecule has 0 unspecified atom stereocenters. The Hall–Kier alpha value is -1.06. The first-order valence-electron chi connectivity index (χ1n) is 7.61. The van der Waals surface area contributed by atoms with Crippen LogP contribution in [0.4, 0.5) is 5.69 Å². The van der Waals surface area contributed by atoms with Crippen LogP contribution in [0.3, 0.4) is 0 Å². The van der Waals surface area contributed by atoms with Crippen LogP contribution in [0.1, 0.15) is 18.4 Å². The summed E-state index contributed by atoms with van der Waals surface area (Å²) in [6.45, 7) is 6.86. The Bertz CT molecular complexity index is 389. The van der Waals surface area contributed by atoms with Gasteiger partial charge in [0.05, 0.1) is 0 Å². The van der Waals surface area contributed by atoms with E-state index in [2.05, 4.69) is 34.1 Å². The van der Waals surface area contributed by atoms with Gasteiger partial charge in [-0.3, -0.25) is 4.90 Å². The van der Waals surface area contributed by atoms with E-state index < -0.39 is 0 Å². The quantitative estimate of drug-likeness (QED) is 0.874. The van der Waals surface area contributed by atoms with Crippen LogP contribution in [0.15, 0.2) is 24.3 Å². The Balaban J connectivity index is 1.52. The van der Waals surface area contributed by atoms with Crippen molar-refractivity contribution in [3.05, 3.63) is 29.8 Å². The number of hydrogen-bond donors (Lipinski definition) is 1. The largest absolute Gasteiger partial charge is 0.369 e. The average molecular weight is 259 g/mol. The van der Waals surface area contributed by atoms with Gasteiger partial charge in [0, 0.05) is 38.4 Å². The average Bonchev–Trinajstić information content (AvgIpc) is 3.25. The maximum Gasteiger partial charge on any atom is 0.0367 e. The minimum absolute atomic E-state index is 0.735. The van der Waals surface area contributed by atoms with Crippen LogP contribution in [-0.2, 0) is 6.42 Å². The summed E-state index contributed by atoms with van der Waals surface area (Å²) in [5.41, 5.74) is 8.30. The molecule has 0 spiro atoms. The fraction of sp³-hybridized carbons (Fsp3) is 0.625. The molecule has 3 heteroatoms. The zero-order chi connectivity index (χ0) is 13.1. The van der Waals surface area contributed by atoms with Crippen molar-refractivity contribution in [3.63, 3.8) is 0 Å². The molecule has 2 fully saturated rings. The first-order chi connectivity index (χ1) is 9.35. The normalized spacial score (nSPS) is 20.8. The van der Waals surface area contributed by atoms with E-state index in [1.807, 2.05) is 0 Å². The highest BCUT2D eigenvalue weighted by Crippen LogP contribution is 2.30. The van der Waals surface area contributed by atoms with Crippen LogP contribution in [0.5, 0.6) is 0 Å². The van der Waals surface area contributed by atoms with E-state index >= 15 is 0 Å². The van der Waals surface area contributed by atoms with Gasteiger partial charge in [-0.15, -0.1) is 0 Å². The van der Waals surface area contributed by atoms with Crippen LogP contribution in [0.2, 0.25) is 0 Å². The summed E-state index contributed by atoms with van der Waals surface area (Å²) in [5, 5.41) is 0. The Morgan fingerprint density at radius 1 is 1.00 bits per heavy atom. The smallest absolute Gasteiger partial charge is 0.0367 e. The first kappa shape index (κ1) is 12.9. The third kappa shape index (κ3) is 3.48. The van der Waals surface area contributed by atoms with Gasteiger partial charge < -0.3 is 10.6 Å².